The minimum atomic E-state index is 0.238. The highest BCUT2D eigenvalue weighted by Gasteiger charge is 2.21. The van der Waals surface area contributed by atoms with E-state index in [-0.39, 0.29) is 5.78 Å². The van der Waals surface area contributed by atoms with Crippen LogP contribution in [0.2, 0.25) is 5.02 Å². The fraction of sp³-hybridized carbons (Fsp3) is 0.462. The number of halogens is 1. The summed E-state index contributed by atoms with van der Waals surface area (Å²) in [6.07, 6.45) is 4.41. The second kappa shape index (κ2) is 4.36. The molecule has 1 aromatic carbocycles. The Hall–Kier alpha value is -0.820. The van der Waals surface area contributed by atoms with Gasteiger partial charge in [-0.05, 0) is 24.5 Å². The van der Waals surface area contributed by atoms with Crippen molar-refractivity contribution in [3.05, 3.63) is 34.3 Å². The molecule has 0 aliphatic heterocycles. The van der Waals surface area contributed by atoms with E-state index in [1.165, 1.54) is 19.3 Å². The number of ketones is 1. The van der Waals surface area contributed by atoms with Gasteiger partial charge < -0.3 is 0 Å². The van der Waals surface area contributed by atoms with Crippen molar-refractivity contribution in [1.29, 1.82) is 0 Å². The molecule has 1 aromatic rings. The van der Waals surface area contributed by atoms with Crippen molar-refractivity contribution in [2.24, 2.45) is 5.92 Å². The number of carbonyl (C=O) groups is 1. The zero-order valence-electron chi connectivity index (χ0n) is 8.92. The van der Waals surface area contributed by atoms with Crippen LogP contribution >= 0.6 is 11.6 Å². The third-order valence-electron chi connectivity index (χ3n) is 3.19. The number of benzene rings is 1. The normalized spacial score (nSPS) is 16.1. The fourth-order valence-electron chi connectivity index (χ4n) is 1.84. The van der Waals surface area contributed by atoms with Crippen molar-refractivity contribution < 1.29 is 4.79 Å². The average Bonchev–Trinajstić information content (AvgIpc) is 2.15. The molecule has 1 aliphatic rings. The molecule has 0 saturated heterocycles. The van der Waals surface area contributed by atoms with Gasteiger partial charge in [0.25, 0.3) is 0 Å². The van der Waals surface area contributed by atoms with Gasteiger partial charge in [-0.3, -0.25) is 4.79 Å². The molecule has 0 aromatic heterocycles. The van der Waals surface area contributed by atoms with Gasteiger partial charge >= 0.3 is 0 Å². The van der Waals surface area contributed by atoms with E-state index in [0.717, 1.165) is 11.1 Å². The lowest BCUT2D eigenvalue weighted by Gasteiger charge is -2.24. The Bertz CT molecular complexity index is 380. The summed E-state index contributed by atoms with van der Waals surface area (Å²) in [7, 11) is 0. The first kappa shape index (κ1) is 10.7. The first-order valence-electron chi connectivity index (χ1n) is 5.46. The number of carbonyl (C=O) groups excluding carboxylic acids is 1. The van der Waals surface area contributed by atoms with Crippen LogP contribution in [0.5, 0.6) is 0 Å². The smallest absolute Gasteiger partial charge is 0.163 e. The largest absolute Gasteiger partial charge is 0.294 e. The second-order valence-electron chi connectivity index (χ2n) is 4.39. The number of Topliss-reactive ketones (excluding diaryl/α,β-unsaturated/α-hetero) is 1. The lowest BCUT2D eigenvalue weighted by atomic mass is 9.81. The molecule has 0 amide bonds. The molecule has 0 N–H and O–H groups in total. The van der Waals surface area contributed by atoms with Crippen LogP contribution in [-0.2, 0) is 0 Å². The van der Waals surface area contributed by atoms with Gasteiger partial charge in [0.15, 0.2) is 5.78 Å². The van der Waals surface area contributed by atoms with Crippen LogP contribution in [0.15, 0.2) is 18.2 Å². The van der Waals surface area contributed by atoms with Crippen LogP contribution in [-0.4, -0.2) is 5.78 Å². The summed E-state index contributed by atoms with van der Waals surface area (Å²) < 4.78 is 0. The van der Waals surface area contributed by atoms with E-state index in [1.807, 2.05) is 19.1 Å². The Kier molecular flexibility index (Phi) is 3.11. The molecular formula is C13H15ClO. The maximum Gasteiger partial charge on any atom is 0.163 e. The predicted octanol–water partition coefficient (Wildman–Crippen LogP) is 4.02. The minimum Gasteiger partial charge on any atom is -0.294 e. The summed E-state index contributed by atoms with van der Waals surface area (Å²) in [6, 6.07) is 5.58. The number of hydrogen-bond acceptors (Lipinski definition) is 1. The standard InChI is InChI=1S/C13H15ClO/c1-9-5-6-11(8-12(9)14)13(15)7-10-3-2-4-10/h5-6,8,10H,2-4,7H2,1H3. The topological polar surface area (TPSA) is 17.1 Å². The third-order valence-corrected chi connectivity index (χ3v) is 3.60. The molecule has 1 aliphatic carbocycles. The molecule has 80 valence electrons. The summed E-state index contributed by atoms with van der Waals surface area (Å²) in [6.45, 7) is 1.95. The highest BCUT2D eigenvalue weighted by atomic mass is 35.5. The van der Waals surface area contributed by atoms with E-state index < -0.39 is 0 Å². The lowest BCUT2D eigenvalue weighted by molar-refractivity contribution is 0.0936. The SMILES string of the molecule is Cc1ccc(C(=O)CC2CCC2)cc1Cl. The summed E-state index contributed by atoms with van der Waals surface area (Å²) in [4.78, 5) is 11.9. The van der Waals surface area contributed by atoms with Crippen LogP contribution in [0.25, 0.3) is 0 Å². The minimum absolute atomic E-state index is 0.238. The summed E-state index contributed by atoms with van der Waals surface area (Å²) in [5.74, 6) is 0.860. The summed E-state index contributed by atoms with van der Waals surface area (Å²) in [5, 5.41) is 0.689. The molecule has 1 saturated carbocycles. The average molecular weight is 223 g/mol. The first-order chi connectivity index (χ1) is 7.16. The van der Waals surface area contributed by atoms with E-state index in [1.54, 1.807) is 6.07 Å². The zero-order valence-corrected chi connectivity index (χ0v) is 9.68. The van der Waals surface area contributed by atoms with Crippen LogP contribution in [0.3, 0.4) is 0 Å². The number of aryl methyl sites for hydroxylation is 1. The van der Waals surface area contributed by atoms with Gasteiger partial charge in [-0.15, -0.1) is 0 Å². The van der Waals surface area contributed by atoms with Crippen molar-refractivity contribution in [2.45, 2.75) is 32.6 Å². The van der Waals surface area contributed by atoms with Crippen molar-refractivity contribution in [2.75, 3.05) is 0 Å². The van der Waals surface area contributed by atoms with Gasteiger partial charge in [0.2, 0.25) is 0 Å². The van der Waals surface area contributed by atoms with E-state index in [2.05, 4.69) is 0 Å². The van der Waals surface area contributed by atoms with Crippen LogP contribution < -0.4 is 0 Å². The van der Waals surface area contributed by atoms with Crippen molar-refractivity contribution in [3.8, 4) is 0 Å². The number of hydrogen-bond donors (Lipinski definition) is 0. The van der Waals surface area contributed by atoms with Crippen LogP contribution in [0.1, 0.15) is 41.6 Å². The quantitative estimate of drug-likeness (QED) is 0.706. The molecule has 2 heteroatoms. The van der Waals surface area contributed by atoms with E-state index in [9.17, 15) is 4.79 Å². The highest BCUT2D eigenvalue weighted by molar-refractivity contribution is 6.31. The Morgan fingerprint density at radius 1 is 1.47 bits per heavy atom. The van der Waals surface area contributed by atoms with E-state index in [0.29, 0.717) is 17.4 Å². The zero-order chi connectivity index (χ0) is 10.8. The van der Waals surface area contributed by atoms with Gasteiger partial charge in [-0.2, -0.15) is 0 Å². The molecule has 2 rings (SSSR count). The number of rotatable bonds is 3. The molecule has 0 spiro atoms. The van der Waals surface area contributed by atoms with Gasteiger partial charge in [-0.25, -0.2) is 0 Å². The van der Waals surface area contributed by atoms with Crippen molar-refractivity contribution in [3.63, 3.8) is 0 Å². The van der Waals surface area contributed by atoms with Gasteiger partial charge in [0.1, 0.15) is 0 Å². The summed E-state index contributed by atoms with van der Waals surface area (Å²) in [5.41, 5.74) is 1.79. The second-order valence-corrected chi connectivity index (χ2v) is 4.80. The molecule has 1 nitrogen and oxygen atoms in total. The van der Waals surface area contributed by atoms with Gasteiger partial charge in [0.05, 0.1) is 0 Å². The third kappa shape index (κ3) is 2.40. The molecule has 0 radical (unpaired) electrons. The fourth-order valence-corrected chi connectivity index (χ4v) is 2.02. The Morgan fingerprint density at radius 3 is 2.73 bits per heavy atom. The van der Waals surface area contributed by atoms with Gasteiger partial charge in [-0.1, -0.05) is 43.0 Å². The van der Waals surface area contributed by atoms with E-state index >= 15 is 0 Å². The molecule has 0 heterocycles. The maximum absolute atomic E-state index is 11.9. The first-order valence-corrected chi connectivity index (χ1v) is 5.84. The monoisotopic (exact) mass is 222 g/mol. The molecule has 0 atom stereocenters. The Morgan fingerprint density at radius 2 is 2.20 bits per heavy atom. The molecule has 1 fully saturated rings. The molecular weight excluding hydrogens is 208 g/mol. The summed E-state index contributed by atoms with van der Waals surface area (Å²) >= 11 is 5.99. The molecule has 15 heavy (non-hydrogen) atoms. The molecule has 0 bridgehead atoms. The van der Waals surface area contributed by atoms with Crippen LogP contribution in [0, 0.1) is 12.8 Å². The maximum atomic E-state index is 11.9. The highest BCUT2D eigenvalue weighted by Crippen LogP contribution is 2.31. The van der Waals surface area contributed by atoms with E-state index in [4.69, 9.17) is 11.6 Å². The Balaban J connectivity index is 2.07. The van der Waals surface area contributed by atoms with Crippen molar-refractivity contribution in [1.82, 2.24) is 0 Å². The van der Waals surface area contributed by atoms with Gasteiger partial charge in [0, 0.05) is 17.0 Å². The van der Waals surface area contributed by atoms with Crippen LogP contribution in [0.4, 0.5) is 0 Å². The lowest BCUT2D eigenvalue weighted by Crippen LogP contribution is -2.15. The predicted molar refractivity (Wildman–Crippen MR) is 62.5 cm³/mol. The van der Waals surface area contributed by atoms with Crippen molar-refractivity contribution >= 4 is 17.4 Å². The Labute approximate surface area is 95.4 Å². The molecule has 0 unspecified atom stereocenters.